The van der Waals surface area contributed by atoms with Gasteiger partial charge in [0.2, 0.25) is 5.91 Å². The Morgan fingerprint density at radius 2 is 1.89 bits per heavy atom. The van der Waals surface area contributed by atoms with E-state index in [0.29, 0.717) is 29.6 Å². The molecule has 178 valence electrons. The summed E-state index contributed by atoms with van der Waals surface area (Å²) in [6.07, 6.45) is 3.42. The Balaban J connectivity index is 1.25. The highest BCUT2D eigenvalue weighted by Gasteiger charge is 2.20. The third-order valence-corrected chi connectivity index (χ3v) is 6.49. The van der Waals surface area contributed by atoms with Gasteiger partial charge in [0, 0.05) is 61.8 Å². The molecule has 0 radical (unpaired) electrons. The maximum absolute atomic E-state index is 12.9. The van der Waals surface area contributed by atoms with E-state index in [-0.39, 0.29) is 5.91 Å². The highest BCUT2D eigenvalue weighted by molar-refractivity contribution is 7.13. The average Bonchev–Trinajstić information content (AvgIpc) is 3.45. The number of hydrogen-bond donors (Lipinski definition) is 1. The molecule has 4 heterocycles. The van der Waals surface area contributed by atoms with Gasteiger partial charge in [-0.2, -0.15) is 0 Å². The summed E-state index contributed by atoms with van der Waals surface area (Å²) in [5.74, 6) is 1.61. The number of methoxy groups -OCH3 is 1. The SMILES string of the molecule is COc1cccc(N2CCN(CC(=O)Nc3cc(-c4nccs4)nc(-c4ccccn4)n3)CC2)c1. The van der Waals surface area contributed by atoms with Crippen molar-refractivity contribution in [2.24, 2.45) is 0 Å². The second-order valence-electron chi connectivity index (χ2n) is 8.03. The zero-order chi connectivity index (χ0) is 24.0. The van der Waals surface area contributed by atoms with E-state index in [0.717, 1.165) is 42.6 Å². The Morgan fingerprint density at radius 1 is 1.00 bits per heavy atom. The largest absolute Gasteiger partial charge is 0.497 e. The van der Waals surface area contributed by atoms with Crippen LogP contribution in [0.1, 0.15) is 0 Å². The van der Waals surface area contributed by atoms with Crippen LogP contribution in [0.2, 0.25) is 0 Å². The van der Waals surface area contributed by atoms with Gasteiger partial charge in [0.25, 0.3) is 0 Å². The molecule has 0 unspecified atom stereocenters. The van der Waals surface area contributed by atoms with Gasteiger partial charge >= 0.3 is 0 Å². The van der Waals surface area contributed by atoms with Gasteiger partial charge in [0.1, 0.15) is 28.0 Å². The monoisotopic (exact) mass is 487 g/mol. The summed E-state index contributed by atoms with van der Waals surface area (Å²) >= 11 is 1.48. The van der Waals surface area contributed by atoms with Crippen LogP contribution in [0, 0.1) is 0 Å². The summed E-state index contributed by atoms with van der Waals surface area (Å²) < 4.78 is 5.34. The van der Waals surface area contributed by atoms with Crippen molar-refractivity contribution in [2.75, 3.05) is 50.1 Å². The fraction of sp³-hybridized carbons (Fsp3) is 0.240. The van der Waals surface area contributed by atoms with Gasteiger partial charge in [-0.15, -0.1) is 11.3 Å². The molecule has 1 N–H and O–H groups in total. The Kier molecular flexibility index (Phi) is 6.92. The van der Waals surface area contributed by atoms with Crippen LogP contribution in [-0.2, 0) is 4.79 Å². The van der Waals surface area contributed by atoms with Crippen molar-refractivity contribution in [1.82, 2.24) is 24.8 Å². The number of ether oxygens (including phenoxy) is 1. The number of rotatable bonds is 7. The van der Waals surface area contributed by atoms with E-state index in [1.54, 1.807) is 25.6 Å². The van der Waals surface area contributed by atoms with Crippen molar-refractivity contribution >= 4 is 28.7 Å². The van der Waals surface area contributed by atoms with E-state index in [1.165, 1.54) is 11.3 Å². The minimum absolute atomic E-state index is 0.115. The lowest BCUT2D eigenvalue weighted by Crippen LogP contribution is -2.48. The summed E-state index contributed by atoms with van der Waals surface area (Å²) in [4.78, 5) is 35.2. The van der Waals surface area contributed by atoms with E-state index in [1.807, 2.05) is 41.8 Å². The number of hydrogen-bond acceptors (Lipinski definition) is 9. The second kappa shape index (κ2) is 10.6. The lowest BCUT2D eigenvalue weighted by molar-refractivity contribution is -0.117. The van der Waals surface area contributed by atoms with Crippen LogP contribution < -0.4 is 15.0 Å². The lowest BCUT2D eigenvalue weighted by Gasteiger charge is -2.35. The first-order valence-corrected chi connectivity index (χ1v) is 12.2. The van der Waals surface area contributed by atoms with E-state index in [4.69, 9.17) is 4.74 Å². The van der Waals surface area contributed by atoms with Gasteiger partial charge in [-0.25, -0.2) is 15.0 Å². The molecular weight excluding hydrogens is 462 g/mol. The van der Waals surface area contributed by atoms with Crippen LogP contribution in [0.15, 0.2) is 66.3 Å². The quantitative estimate of drug-likeness (QED) is 0.424. The molecule has 1 aromatic carbocycles. The van der Waals surface area contributed by atoms with Crippen molar-refractivity contribution < 1.29 is 9.53 Å². The summed E-state index contributed by atoms with van der Waals surface area (Å²) in [6, 6.07) is 15.4. The number of nitrogens with zero attached hydrogens (tertiary/aromatic N) is 6. The topological polar surface area (TPSA) is 96.4 Å². The number of anilines is 2. The number of amides is 1. The predicted octanol–water partition coefficient (Wildman–Crippen LogP) is 3.43. The molecule has 0 aliphatic carbocycles. The molecule has 9 nitrogen and oxygen atoms in total. The molecular formula is C25H25N7O2S. The molecule has 10 heteroatoms. The highest BCUT2D eigenvalue weighted by Crippen LogP contribution is 2.25. The van der Waals surface area contributed by atoms with Crippen LogP contribution in [-0.4, -0.2) is 70.6 Å². The average molecular weight is 488 g/mol. The molecule has 35 heavy (non-hydrogen) atoms. The van der Waals surface area contributed by atoms with Crippen LogP contribution in [0.25, 0.3) is 22.2 Å². The Bertz CT molecular complexity index is 1280. The van der Waals surface area contributed by atoms with Crippen molar-refractivity contribution in [2.45, 2.75) is 0 Å². The van der Waals surface area contributed by atoms with E-state index in [2.05, 4.69) is 41.1 Å². The number of pyridine rings is 1. The first-order valence-electron chi connectivity index (χ1n) is 11.3. The number of thiazole rings is 1. The Hall–Kier alpha value is -3.89. The minimum Gasteiger partial charge on any atom is -0.497 e. The first kappa shape index (κ1) is 22.9. The van der Waals surface area contributed by atoms with E-state index < -0.39 is 0 Å². The molecule has 1 fully saturated rings. The molecule has 4 aromatic rings. The van der Waals surface area contributed by atoms with Gasteiger partial charge in [0.15, 0.2) is 5.82 Å². The molecule has 0 saturated carbocycles. The molecule has 0 bridgehead atoms. The Labute approximate surface area is 207 Å². The molecule has 1 aliphatic rings. The maximum atomic E-state index is 12.9. The minimum atomic E-state index is -0.115. The number of carbonyl (C=O) groups is 1. The number of piperazine rings is 1. The smallest absolute Gasteiger partial charge is 0.239 e. The summed E-state index contributed by atoms with van der Waals surface area (Å²) in [5, 5.41) is 5.60. The van der Waals surface area contributed by atoms with Crippen LogP contribution >= 0.6 is 11.3 Å². The molecule has 0 atom stereocenters. The van der Waals surface area contributed by atoms with Crippen LogP contribution in [0.5, 0.6) is 5.75 Å². The molecule has 1 amide bonds. The second-order valence-corrected chi connectivity index (χ2v) is 8.92. The summed E-state index contributed by atoms with van der Waals surface area (Å²) in [6.45, 7) is 3.55. The number of benzene rings is 1. The highest BCUT2D eigenvalue weighted by atomic mass is 32.1. The van der Waals surface area contributed by atoms with Crippen molar-refractivity contribution in [3.63, 3.8) is 0 Å². The first-order chi connectivity index (χ1) is 17.2. The van der Waals surface area contributed by atoms with Crippen LogP contribution in [0.3, 0.4) is 0 Å². The molecule has 3 aromatic heterocycles. The lowest BCUT2D eigenvalue weighted by atomic mass is 10.2. The number of aromatic nitrogens is 4. The van der Waals surface area contributed by atoms with Gasteiger partial charge < -0.3 is 15.0 Å². The fourth-order valence-corrected chi connectivity index (χ4v) is 4.53. The zero-order valence-corrected chi connectivity index (χ0v) is 20.1. The fourth-order valence-electron chi connectivity index (χ4n) is 3.94. The van der Waals surface area contributed by atoms with E-state index in [9.17, 15) is 4.79 Å². The van der Waals surface area contributed by atoms with Crippen molar-refractivity contribution in [3.05, 3.63) is 66.3 Å². The van der Waals surface area contributed by atoms with Crippen LogP contribution in [0.4, 0.5) is 11.5 Å². The van der Waals surface area contributed by atoms with Crippen molar-refractivity contribution in [1.29, 1.82) is 0 Å². The Morgan fingerprint density at radius 3 is 2.63 bits per heavy atom. The van der Waals surface area contributed by atoms with Crippen molar-refractivity contribution in [3.8, 4) is 28.0 Å². The zero-order valence-electron chi connectivity index (χ0n) is 19.3. The molecule has 1 saturated heterocycles. The molecule has 1 aliphatic heterocycles. The standard InChI is InChI=1S/C25H25N7O2S/c1-34-19-6-4-5-18(15-19)32-12-10-31(11-13-32)17-23(33)29-22-16-21(25-27-9-14-35-25)28-24(30-22)20-7-2-3-8-26-20/h2-9,14-16H,10-13,17H2,1H3,(H,28,29,30,33). The third kappa shape index (κ3) is 5.61. The van der Waals surface area contributed by atoms with Gasteiger partial charge in [-0.1, -0.05) is 12.1 Å². The van der Waals surface area contributed by atoms with Gasteiger partial charge in [0.05, 0.1) is 13.7 Å². The number of nitrogens with one attached hydrogen (secondary N) is 1. The van der Waals surface area contributed by atoms with Gasteiger partial charge in [-0.05, 0) is 24.3 Å². The molecule has 0 spiro atoms. The maximum Gasteiger partial charge on any atom is 0.239 e. The summed E-state index contributed by atoms with van der Waals surface area (Å²) in [5.41, 5.74) is 2.42. The van der Waals surface area contributed by atoms with Gasteiger partial charge in [-0.3, -0.25) is 14.7 Å². The predicted molar refractivity (Wildman–Crippen MR) is 137 cm³/mol. The summed E-state index contributed by atoms with van der Waals surface area (Å²) in [7, 11) is 1.67. The normalized spacial score (nSPS) is 14.0. The number of carbonyl (C=O) groups excluding carboxylic acids is 1. The third-order valence-electron chi connectivity index (χ3n) is 5.70. The van der Waals surface area contributed by atoms with E-state index >= 15 is 0 Å². The molecule has 5 rings (SSSR count).